The van der Waals surface area contributed by atoms with E-state index in [1.54, 1.807) is 4.90 Å². The van der Waals surface area contributed by atoms with Crippen molar-refractivity contribution in [2.45, 2.75) is 57.2 Å². The van der Waals surface area contributed by atoms with Gasteiger partial charge in [0.05, 0.1) is 6.04 Å². The number of piperazine rings is 1. The number of carbonyl (C=O) groups is 3. The molecule has 2 heterocycles. The van der Waals surface area contributed by atoms with Crippen molar-refractivity contribution in [2.75, 3.05) is 19.6 Å². The molecule has 4 amide bonds. The van der Waals surface area contributed by atoms with E-state index in [0.29, 0.717) is 25.7 Å². The minimum Gasteiger partial charge on any atom is -0.352 e. The number of rotatable bonds is 3. The third-order valence-electron chi connectivity index (χ3n) is 5.08. The normalized spacial score (nSPS) is 28.2. The molecule has 3 fully saturated rings. The van der Waals surface area contributed by atoms with Gasteiger partial charge >= 0.3 is 6.03 Å². The van der Waals surface area contributed by atoms with Gasteiger partial charge in [0.15, 0.2) is 0 Å². The summed E-state index contributed by atoms with van der Waals surface area (Å²) in [6, 6.07) is -0.742. The molecule has 0 bridgehead atoms. The van der Waals surface area contributed by atoms with Crippen LogP contribution in [-0.4, -0.2) is 65.4 Å². The minimum atomic E-state index is -0.453. The predicted molar refractivity (Wildman–Crippen MR) is 80.1 cm³/mol. The van der Waals surface area contributed by atoms with Crippen LogP contribution in [0.5, 0.6) is 0 Å². The van der Waals surface area contributed by atoms with Gasteiger partial charge in [-0.2, -0.15) is 0 Å². The fourth-order valence-electron chi connectivity index (χ4n) is 3.62. The number of fused-ring (bicyclic) bond motifs is 1. The van der Waals surface area contributed by atoms with Gasteiger partial charge in [-0.05, 0) is 19.8 Å². The maximum Gasteiger partial charge on any atom is 0.324 e. The second kappa shape index (κ2) is 6.24. The molecule has 1 saturated carbocycles. The summed E-state index contributed by atoms with van der Waals surface area (Å²) >= 11 is 0. The molecule has 0 spiro atoms. The smallest absolute Gasteiger partial charge is 0.324 e. The highest BCUT2D eigenvalue weighted by Crippen LogP contribution is 2.19. The largest absolute Gasteiger partial charge is 0.352 e. The van der Waals surface area contributed by atoms with Gasteiger partial charge in [-0.1, -0.05) is 19.3 Å². The molecule has 0 unspecified atom stereocenters. The van der Waals surface area contributed by atoms with Crippen molar-refractivity contribution in [1.29, 1.82) is 0 Å². The number of carbonyl (C=O) groups excluding carboxylic acids is 3. The number of hydrogen-bond acceptors (Lipinski definition) is 4. The third kappa shape index (κ3) is 2.95. The van der Waals surface area contributed by atoms with Crippen molar-refractivity contribution in [3.63, 3.8) is 0 Å². The molecule has 0 aromatic heterocycles. The zero-order chi connectivity index (χ0) is 15.7. The Kier molecular flexibility index (Phi) is 4.33. The van der Waals surface area contributed by atoms with Crippen LogP contribution < -0.4 is 10.6 Å². The first kappa shape index (κ1) is 15.3. The lowest BCUT2D eigenvalue weighted by atomic mass is 9.95. The Balaban J connectivity index is 1.56. The molecule has 2 saturated heterocycles. The maximum absolute atomic E-state index is 12.4. The standard InChI is InChI=1S/C15H24N4O3/c1-10(13(20)16-11-5-3-2-4-6-11)18-7-8-19-12(9-18)14(21)17-15(19)22/h10-12H,2-9H2,1H3,(H,16,20)(H,17,21,22)/t10-,12-/m0/s1. The van der Waals surface area contributed by atoms with Crippen molar-refractivity contribution in [1.82, 2.24) is 20.4 Å². The molecule has 7 heteroatoms. The van der Waals surface area contributed by atoms with Crippen LogP contribution in [0, 0.1) is 0 Å². The predicted octanol–water partition coefficient (Wildman–Crippen LogP) is 0.0598. The first-order valence-electron chi connectivity index (χ1n) is 8.22. The molecule has 2 N–H and O–H groups in total. The average molecular weight is 308 g/mol. The summed E-state index contributed by atoms with van der Waals surface area (Å²) in [6.45, 7) is 3.42. The van der Waals surface area contributed by atoms with Gasteiger partial charge in [-0.3, -0.25) is 19.8 Å². The SMILES string of the molecule is C[C@@H](C(=O)NC1CCCCC1)N1CCN2C(=O)NC(=O)[C@@H]2C1. The van der Waals surface area contributed by atoms with Crippen LogP contribution in [-0.2, 0) is 9.59 Å². The molecular formula is C15H24N4O3. The minimum absolute atomic E-state index is 0.0325. The third-order valence-corrected chi connectivity index (χ3v) is 5.08. The lowest BCUT2D eigenvalue weighted by Gasteiger charge is -2.38. The van der Waals surface area contributed by atoms with E-state index in [4.69, 9.17) is 0 Å². The van der Waals surface area contributed by atoms with Gasteiger partial charge in [0.1, 0.15) is 6.04 Å². The molecule has 3 aliphatic rings. The van der Waals surface area contributed by atoms with Gasteiger partial charge in [0.2, 0.25) is 5.91 Å². The summed E-state index contributed by atoms with van der Waals surface area (Å²) < 4.78 is 0. The molecule has 2 aliphatic heterocycles. The van der Waals surface area contributed by atoms with Gasteiger partial charge < -0.3 is 10.2 Å². The summed E-state index contributed by atoms with van der Waals surface area (Å²) in [5, 5.41) is 5.47. The quantitative estimate of drug-likeness (QED) is 0.722. The summed E-state index contributed by atoms with van der Waals surface area (Å²) in [5.41, 5.74) is 0. The van der Waals surface area contributed by atoms with Gasteiger partial charge in [-0.25, -0.2) is 4.79 Å². The zero-order valence-electron chi connectivity index (χ0n) is 13.0. The highest BCUT2D eigenvalue weighted by Gasteiger charge is 2.43. The number of nitrogens with one attached hydrogen (secondary N) is 2. The van der Waals surface area contributed by atoms with Crippen LogP contribution in [0.2, 0.25) is 0 Å². The second-order valence-corrected chi connectivity index (χ2v) is 6.52. The molecule has 7 nitrogen and oxygen atoms in total. The van der Waals surface area contributed by atoms with Crippen LogP contribution in [0.3, 0.4) is 0 Å². The first-order chi connectivity index (χ1) is 10.6. The number of hydrogen-bond donors (Lipinski definition) is 2. The van der Waals surface area contributed by atoms with Crippen LogP contribution >= 0.6 is 0 Å². The Bertz CT molecular complexity index is 475. The van der Waals surface area contributed by atoms with Crippen molar-refractivity contribution < 1.29 is 14.4 Å². The number of urea groups is 1. The fraction of sp³-hybridized carbons (Fsp3) is 0.800. The number of nitrogens with zero attached hydrogens (tertiary/aromatic N) is 2. The van der Waals surface area contributed by atoms with Gasteiger partial charge in [0, 0.05) is 25.7 Å². The van der Waals surface area contributed by atoms with E-state index in [2.05, 4.69) is 10.6 Å². The lowest BCUT2D eigenvalue weighted by Crippen LogP contribution is -2.58. The highest BCUT2D eigenvalue weighted by molar-refractivity contribution is 6.04. The van der Waals surface area contributed by atoms with Crippen molar-refractivity contribution in [3.8, 4) is 0 Å². The molecule has 22 heavy (non-hydrogen) atoms. The Labute approximate surface area is 130 Å². The Morgan fingerprint density at radius 1 is 1.23 bits per heavy atom. The van der Waals surface area contributed by atoms with Crippen molar-refractivity contribution in [3.05, 3.63) is 0 Å². The van der Waals surface area contributed by atoms with Crippen LogP contribution in [0.25, 0.3) is 0 Å². The maximum atomic E-state index is 12.4. The molecule has 0 aromatic rings. The molecule has 122 valence electrons. The van der Waals surface area contributed by atoms with E-state index in [0.717, 1.165) is 12.8 Å². The number of imide groups is 1. The monoisotopic (exact) mass is 308 g/mol. The summed E-state index contributed by atoms with van der Waals surface area (Å²) in [7, 11) is 0. The molecule has 0 radical (unpaired) electrons. The first-order valence-corrected chi connectivity index (χ1v) is 8.22. The van der Waals surface area contributed by atoms with Crippen LogP contribution in [0.4, 0.5) is 4.79 Å². The molecule has 2 atom stereocenters. The Morgan fingerprint density at radius 3 is 2.68 bits per heavy atom. The van der Waals surface area contributed by atoms with Gasteiger partial charge in [0.25, 0.3) is 5.91 Å². The van der Waals surface area contributed by atoms with Crippen LogP contribution in [0.15, 0.2) is 0 Å². The van der Waals surface area contributed by atoms with E-state index in [9.17, 15) is 14.4 Å². The van der Waals surface area contributed by atoms with E-state index >= 15 is 0 Å². The summed E-state index contributed by atoms with van der Waals surface area (Å²) in [5.74, 6) is -0.223. The van der Waals surface area contributed by atoms with E-state index in [1.165, 1.54) is 19.3 Å². The van der Waals surface area contributed by atoms with Crippen molar-refractivity contribution >= 4 is 17.8 Å². The summed E-state index contributed by atoms with van der Waals surface area (Å²) in [4.78, 5) is 39.3. The van der Waals surface area contributed by atoms with E-state index in [1.807, 2.05) is 11.8 Å². The fourth-order valence-corrected chi connectivity index (χ4v) is 3.62. The molecule has 1 aliphatic carbocycles. The summed E-state index contributed by atoms with van der Waals surface area (Å²) in [6.07, 6.45) is 5.75. The average Bonchev–Trinajstić information content (AvgIpc) is 2.82. The number of amides is 4. The Hall–Kier alpha value is -1.63. The second-order valence-electron chi connectivity index (χ2n) is 6.52. The molecule has 0 aromatic carbocycles. The van der Waals surface area contributed by atoms with Gasteiger partial charge in [-0.15, -0.1) is 0 Å². The van der Waals surface area contributed by atoms with E-state index < -0.39 is 6.04 Å². The Morgan fingerprint density at radius 2 is 1.95 bits per heavy atom. The van der Waals surface area contributed by atoms with Crippen LogP contribution in [0.1, 0.15) is 39.0 Å². The molecular weight excluding hydrogens is 284 g/mol. The van der Waals surface area contributed by atoms with E-state index in [-0.39, 0.29) is 23.9 Å². The molecule has 3 rings (SSSR count). The highest BCUT2D eigenvalue weighted by atomic mass is 16.2. The lowest BCUT2D eigenvalue weighted by molar-refractivity contribution is -0.130. The zero-order valence-corrected chi connectivity index (χ0v) is 13.0. The van der Waals surface area contributed by atoms with Crippen molar-refractivity contribution in [2.24, 2.45) is 0 Å². The topological polar surface area (TPSA) is 81.8 Å².